The van der Waals surface area contributed by atoms with Crippen LogP contribution < -0.4 is 11.1 Å². The molecule has 3 aromatic rings. The maximum absolute atomic E-state index is 5.58. The van der Waals surface area contributed by atoms with Crippen molar-refractivity contribution in [3.63, 3.8) is 0 Å². The smallest absolute Gasteiger partial charge is 0.181 e. The van der Waals surface area contributed by atoms with Gasteiger partial charge in [-0.15, -0.1) is 11.3 Å². The molecule has 3 rings (SSSR count). The first-order chi connectivity index (χ1) is 9.91. The zero-order chi connectivity index (χ0) is 15.2. The minimum absolute atomic E-state index is 0.122. The van der Waals surface area contributed by atoms with Gasteiger partial charge in [0.25, 0.3) is 0 Å². The standard InChI is InChI=1S/C15H21N5S/c1-9-8-18-13-12(17-6-5-16)19-10-7-11(15(2,3)4)21-14(10)20(9)13/h7-8H,5-6,16H2,1-4H3,(H,17,19). The Balaban J connectivity index is 2.29. The lowest BCUT2D eigenvalue weighted by atomic mass is 9.95. The van der Waals surface area contributed by atoms with Gasteiger partial charge in [-0.2, -0.15) is 0 Å². The van der Waals surface area contributed by atoms with Crippen LogP contribution >= 0.6 is 11.3 Å². The van der Waals surface area contributed by atoms with Gasteiger partial charge in [0.1, 0.15) is 10.3 Å². The molecule has 0 radical (unpaired) electrons. The van der Waals surface area contributed by atoms with Gasteiger partial charge in [0.05, 0.1) is 0 Å². The van der Waals surface area contributed by atoms with Gasteiger partial charge in [0.2, 0.25) is 0 Å². The molecular formula is C15H21N5S. The molecule has 0 aliphatic heterocycles. The van der Waals surface area contributed by atoms with E-state index in [1.165, 1.54) is 4.88 Å². The van der Waals surface area contributed by atoms with Crippen LogP contribution in [0.3, 0.4) is 0 Å². The lowest BCUT2D eigenvalue weighted by Crippen LogP contribution is -2.14. The Morgan fingerprint density at radius 1 is 1.38 bits per heavy atom. The molecule has 0 fully saturated rings. The van der Waals surface area contributed by atoms with Crippen molar-refractivity contribution in [1.82, 2.24) is 14.4 Å². The largest absolute Gasteiger partial charge is 0.366 e. The van der Waals surface area contributed by atoms with E-state index in [-0.39, 0.29) is 5.41 Å². The molecule has 0 amide bonds. The number of fused-ring (bicyclic) bond motifs is 3. The number of hydrogen-bond acceptors (Lipinski definition) is 5. The predicted molar refractivity (Wildman–Crippen MR) is 89.4 cm³/mol. The number of aromatic nitrogens is 3. The molecular weight excluding hydrogens is 282 g/mol. The molecule has 3 aromatic heterocycles. The Morgan fingerprint density at radius 2 is 2.14 bits per heavy atom. The third kappa shape index (κ3) is 2.38. The summed E-state index contributed by atoms with van der Waals surface area (Å²) in [5.74, 6) is 0.805. The second kappa shape index (κ2) is 4.96. The number of thiophene rings is 1. The van der Waals surface area contributed by atoms with Gasteiger partial charge in [0, 0.05) is 29.9 Å². The molecule has 0 aliphatic carbocycles. The summed E-state index contributed by atoms with van der Waals surface area (Å²) >= 11 is 1.79. The molecule has 3 N–H and O–H groups in total. The van der Waals surface area contributed by atoms with Crippen LogP contribution in [0.4, 0.5) is 5.82 Å². The lowest BCUT2D eigenvalue weighted by Gasteiger charge is -2.14. The average molecular weight is 303 g/mol. The van der Waals surface area contributed by atoms with Crippen molar-refractivity contribution >= 4 is 33.1 Å². The van der Waals surface area contributed by atoms with Crippen LogP contribution in [0.25, 0.3) is 16.0 Å². The minimum Gasteiger partial charge on any atom is -0.366 e. The first-order valence-corrected chi connectivity index (χ1v) is 7.95. The molecule has 21 heavy (non-hydrogen) atoms. The van der Waals surface area contributed by atoms with E-state index >= 15 is 0 Å². The topological polar surface area (TPSA) is 68.2 Å². The van der Waals surface area contributed by atoms with E-state index in [0.29, 0.717) is 13.1 Å². The summed E-state index contributed by atoms with van der Waals surface area (Å²) in [4.78, 5) is 11.7. The number of anilines is 1. The van der Waals surface area contributed by atoms with Crippen molar-refractivity contribution in [2.75, 3.05) is 18.4 Å². The fraction of sp³-hybridized carbons (Fsp3) is 0.467. The Labute approximate surface area is 128 Å². The Kier molecular flexibility index (Phi) is 3.37. The van der Waals surface area contributed by atoms with Gasteiger partial charge in [-0.05, 0) is 18.4 Å². The van der Waals surface area contributed by atoms with Gasteiger partial charge in [-0.3, -0.25) is 4.40 Å². The Morgan fingerprint density at radius 3 is 2.81 bits per heavy atom. The molecule has 0 saturated heterocycles. The summed E-state index contributed by atoms with van der Waals surface area (Å²) in [5.41, 5.74) is 8.71. The van der Waals surface area contributed by atoms with Gasteiger partial charge < -0.3 is 11.1 Å². The van der Waals surface area contributed by atoms with E-state index < -0.39 is 0 Å². The number of hydrogen-bond donors (Lipinski definition) is 2. The van der Waals surface area contributed by atoms with Crippen LogP contribution in [-0.2, 0) is 5.41 Å². The number of nitrogens with one attached hydrogen (secondary N) is 1. The Bertz CT molecular complexity index is 794. The molecule has 0 bridgehead atoms. The van der Waals surface area contributed by atoms with Crippen molar-refractivity contribution < 1.29 is 0 Å². The molecule has 0 unspecified atom stereocenters. The van der Waals surface area contributed by atoms with Crippen LogP contribution in [0.1, 0.15) is 31.3 Å². The highest BCUT2D eigenvalue weighted by atomic mass is 32.1. The maximum Gasteiger partial charge on any atom is 0.181 e. The summed E-state index contributed by atoms with van der Waals surface area (Å²) in [6.07, 6.45) is 1.89. The average Bonchev–Trinajstić information content (AvgIpc) is 2.99. The summed E-state index contributed by atoms with van der Waals surface area (Å²) in [7, 11) is 0. The highest BCUT2D eigenvalue weighted by Gasteiger charge is 2.20. The van der Waals surface area contributed by atoms with Crippen LogP contribution in [0.2, 0.25) is 0 Å². The van der Waals surface area contributed by atoms with Crippen LogP contribution in [0.5, 0.6) is 0 Å². The van der Waals surface area contributed by atoms with Crippen LogP contribution in [-0.4, -0.2) is 27.5 Å². The van der Waals surface area contributed by atoms with E-state index in [1.54, 1.807) is 11.3 Å². The molecule has 5 nitrogen and oxygen atoms in total. The van der Waals surface area contributed by atoms with Crippen molar-refractivity contribution in [3.8, 4) is 0 Å². The predicted octanol–water partition coefficient (Wildman–Crippen LogP) is 2.92. The van der Waals surface area contributed by atoms with Crippen molar-refractivity contribution in [2.45, 2.75) is 33.1 Å². The third-order valence-corrected chi connectivity index (χ3v) is 4.99. The summed E-state index contributed by atoms with van der Waals surface area (Å²) in [5, 5.41) is 3.28. The molecule has 112 valence electrons. The summed E-state index contributed by atoms with van der Waals surface area (Å²) in [6.45, 7) is 10.0. The minimum atomic E-state index is 0.122. The third-order valence-electron chi connectivity index (χ3n) is 3.45. The van der Waals surface area contributed by atoms with E-state index in [9.17, 15) is 0 Å². The highest BCUT2D eigenvalue weighted by Crippen LogP contribution is 2.35. The van der Waals surface area contributed by atoms with E-state index in [0.717, 1.165) is 27.5 Å². The SMILES string of the molecule is Cc1cnc2c(NCCN)nc3cc(C(C)(C)C)sc3n12. The second-order valence-electron chi connectivity index (χ2n) is 6.29. The number of aryl methyl sites for hydroxylation is 1. The molecule has 6 heteroatoms. The lowest BCUT2D eigenvalue weighted by molar-refractivity contribution is 0.604. The summed E-state index contributed by atoms with van der Waals surface area (Å²) in [6, 6.07) is 2.19. The zero-order valence-corrected chi connectivity index (χ0v) is 13.7. The van der Waals surface area contributed by atoms with E-state index in [4.69, 9.17) is 10.7 Å². The first kappa shape index (κ1) is 14.3. The monoisotopic (exact) mass is 303 g/mol. The van der Waals surface area contributed by atoms with Gasteiger partial charge in [-0.25, -0.2) is 9.97 Å². The molecule has 3 heterocycles. The van der Waals surface area contributed by atoms with Crippen molar-refractivity contribution in [1.29, 1.82) is 0 Å². The second-order valence-corrected chi connectivity index (χ2v) is 7.32. The number of nitrogens with zero attached hydrogens (tertiary/aromatic N) is 3. The number of nitrogens with two attached hydrogens (primary N) is 1. The molecule has 0 aliphatic rings. The fourth-order valence-corrected chi connectivity index (χ4v) is 3.54. The van der Waals surface area contributed by atoms with Crippen molar-refractivity contribution in [3.05, 3.63) is 22.8 Å². The maximum atomic E-state index is 5.58. The van der Waals surface area contributed by atoms with Crippen LogP contribution in [0.15, 0.2) is 12.3 Å². The normalized spacial score (nSPS) is 12.4. The van der Waals surface area contributed by atoms with Crippen LogP contribution in [0, 0.1) is 6.92 Å². The van der Waals surface area contributed by atoms with E-state index in [2.05, 4.69) is 48.5 Å². The Hall–Kier alpha value is -1.66. The van der Waals surface area contributed by atoms with Gasteiger partial charge in [-0.1, -0.05) is 20.8 Å². The molecule has 0 aromatic carbocycles. The summed E-state index contributed by atoms with van der Waals surface area (Å²) < 4.78 is 2.18. The first-order valence-electron chi connectivity index (χ1n) is 7.14. The highest BCUT2D eigenvalue weighted by molar-refractivity contribution is 7.18. The fourth-order valence-electron chi connectivity index (χ4n) is 2.32. The molecule has 0 spiro atoms. The molecule has 0 saturated carbocycles. The quantitative estimate of drug-likeness (QED) is 0.780. The molecule has 0 atom stereocenters. The zero-order valence-electron chi connectivity index (χ0n) is 12.9. The number of imidazole rings is 1. The van der Waals surface area contributed by atoms with Gasteiger partial charge >= 0.3 is 0 Å². The number of rotatable bonds is 3. The van der Waals surface area contributed by atoms with Gasteiger partial charge in [0.15, 0.2) is 11.5 Å². The van der Waals surface area contributed by atoms with Crippen molar-refractivity contribution in [2.24, 2.45) is 5.73 Å². The van der Waals surface area contributed by atoms with E-state index in [1.807, 2.05) is 6.20 Å².